The molecule has 84 valence electrons. The van der Waals surface area contributed by atoms with Gasteiger partial charge in [0.2, 0.25) is 5.78 Å². The van der Waals surface area contributed by atoms with E-state index in [4.69, 9.17) is 9.68 Å². The zero-order valence-corrected chi connectivity index (χ0v) is 9.38. The van der Waals surface area contributed by atoms with Crippen LogP contribution >= 0.6 is 0 Å². The SMILES string of the molecule is Cc1ccc(C(C#N)C(=O)c2ccco2)cc1. The van der Waals surface area contributed by atoms with Crippen LogP contribution in [0.5, 0.6) is 0 Å². The molecular formula is C14H11NO2. The number of furan rings is 1. The third kappa shape index (κ3) is 2.26. The number of benzene rings is 1. The van der Waals surface area contributed by atoms with Crippen LogP contribution in [0.2, 0.25) is 0 Å². The highest BCUT2D eigenvalue weighted by atomic mass is 16.3. The zero-order valence-electron chi connectivity index (χ0n) is 9.38. The monoisotopic (exact) mass is 225 g/mol. The van der Waals surface area contributed by atoms with E-state index < -0.39 is 5.92 Å². The minimum absolute atomic E-state index is 0.220. The predicted octanol–water partition coefficient (Wildman–Crippen LogP) is 3.08. The number of carbonyl (C=O) groups is 1. The molecule has 0 N–H and O–H groups in total. The van der Waals surface area contributed by atoms with Gasteiger partial charge in [-0.3, -0.25) is 4.79 Å². The highest BCUT2D eigenvalue weighted by Gasteiger charge is 2.23. The summed E-state index contributed by atoms with van der Waals surface area (Å²) in [5.74, 6) is -0.889. The average molecular weight is 225 g/mol. The number of nitriles is 1. The molecule has 0 aliphatic rings. The van der Waals surface area contributed by atoms with Gasteiger partial charge in [0.1, 0.15) is 5.92 Å². The standard InChI is InChI=1S/C14H11NO2/c1-10-4-6-11(7-5-10)12(9-15)14(16)13-3-2-8-17-13/h2-8,12H,1H3. The predicted molar refractivity (Wildman–Crippen MR) is 62.6 cm³/mol. The summed E-state index contributed by atoms with van der Waals surface area (Å²) in [4.78, 5) is 12.0. The van der Waals surface area contributed by atoms with Gasteiger partial charge in [0, 0.05) is 0 Å². The summed E-state index contributed by atoms with van der Waals surface area (Å²) in [5, 5.41) is 9.11. The molecule has 0 fully saturated rings. The Hall–Kier alpha value is -2.34. The van der Waals surface area contributed by atoms with Crippen molar-refractivity contribution in [2.24, 2.45) is 0 Å². The van der Waals surface area contributed by atoms with Crippen molar-refractivity contribution in [1.29, 1.82) is 5.26 Å². The number of rotatable bonds is 3. The van der Waals surface area contributed by atoms with Crippen molar-refractivity contribution in [2.75, 3.05) is 0 Å². The number of nitrogens with zero attached hydrogens (tertiary/aromatic N) is 1. The maximum absolute atomic E-state index is 12.0. The Bertz CT molecular complexity index is 547. The van der Waals surface area contributed by atoms with Crippen molar-refractivity contribution >= 4 is 5.78 Å². The van der Waals surface area contributed by atoms with E-state index in [1.807, 2.05) is 25.1 Å². The Kier molecular flexibility index (Phi) is 3.06. The van der Waals surface area contributed by atoms with E-state index in [9.17, 15) is 4.79 Å². The number of ketones is 1. The molecule has 3 nitrogen and oxygen atoms in total. The maximum Gasteiger partial charge on any atom is 0.219 e. The van der Waals surface area contributed by atoms with Crippen molar-refractivity contribution in [3.63, 3.8) is 0 Å². The molecule has 3 heteroatoms. The first-order valence-corrected chi connectivity index (χ1v) is 5.26. The van der Waals surface area contributed by atoms with Crippen LogP contribution in [0.25, 0.3) is 0 Å². The van der Waals surface area contributed by atoms with Crippen LogP contribution in [0.4, 0.5) is 0 Å². The van der Waals surface area contributed by atoms with E-state index >= 15 is 0 Å². The fourth-order valence-electron chi connectivity index (χ4n) is 1.60. The molecule has 2 rings (SSSR count). The van der Waals surface area contributed by atoms with Crippen LogP contribution in [0.3, 0.4) is 0 Å². The molecular weight excluding hydrogens is 214 g/mol. The molecule has 0 saturated heterocycles. The third-order valence-corrected chi connectivity index (χ3v) is 2.57. The van der Waals surface area contributed by atoms with E-state index in [0.29, 0.717) is 5.56 Å². The number of aryl methyl sites for hydroxylation is 1. The number of hydrogen-bond acceptors (Lipinski definition) is 3. The van der Waals surface area contributed by atoms with Gasteiger partial charge in [0.25, 0.3) is 0 Å². The van der Waals surface area contributed by atoms with E-state index in [2.05, 4.69) is 0 Å². The summed E-state index contributed by atoms with van der Waals surface area (Å²) < 4.78 is 5.02. The van der Waals surface area contributed by atoms with Gasteiger partial charge in [0.15, 0.2) is 5.76 Å². The highest BCUT2D eigenvalue weighted by molar-refractivity contribution is 6.00. The van der Waals surface area contributed by atoms with Gasteiger partial charge in [-0.25, -0.2) is 0 Å². The molecule has 1 atom stereocenters. The molecule has 0 bridgehead atoms. The Morgan fingerprint density at radius 1 is 1.29 bits per heavy atom. The van der Waals surface area contributed by atoms with Crippen molar-refractivity contribution < 1.29 is 9.21 Å². The van der Waals surface area contributed by atoms with Gasteiger partial charge in [-0.1, -0.05) is 29.8 Å². The van der Waals surface area contributed by atoms with Crippen molar-refractivity contribution in [3.8, 4) is 6.07 Å². The lowest BCUT2D eigenvalue weighted by molar-refractivity contribution is 0.0952. The summed E-state index contributed by atoms with van der Waals surface area (Å²) in [7, 11) is 0. The summed E-state index contributed by atoms with van der Waals surface area (Å²) in [6.07, 6.45) is 1.43. The lowest BCUT2D eigenvalue weighted by Crippen LogP contribution is -2.10. The highest BCUT2D eigenvalue weighted by Crippen LogP contribution is 2.21. The molecule has 0 amide bonds. The number of Topliss-reactive ketones (excluding diaryl/α,β-unsaturated/α-hetero) is 1. The molecule has 1 unspecified atom stereocenters. The molecule has 0 radical (unpaired) electrons. The van der Waals surface area contributed by atoms with E-state index in [-0.39, 0.29) is 11.5 Å². The third-order valence-electron chi connectivity index (χ3n) is 2.57. The summed E-state index contributed by atoms with van der Waals surface area (Å²) in [6.45, 7) is 1.96. The lowest BCUT2D eigenvalue weighted by Gasteiger charge is -2.06. The molecule has 1 aromatic carbocycles. The fraction of sp³-hybridized carbons (Fsp3) is 0.143. The van der Waals surface area contributed by atoms with Gasteiger partial charge in [-0.15, -0.1) is 0 Å². The Morgan fingerprint density at radius 2 is 2.00 bits per heavy atom. The summed E-state index contributed by atoms with van der Waals surface area (Å²) in [6, 6.07) is 12.6. The van der Waals surface area contributed by atoms with Gasteiger partial charge in [0.05, 0.1) is 12.3 Å². The first-order chi connectivity index (χ1) is 8.22. The number of hydrogen-bond donors (Lipinski definition) is 0. The second-order valence-corrected chi connectivity index (χ2v) is 3.81. The molecule has 1 aromatic heterocycles. The molecule has 0 saturated carbocycles. The topological polar surface area (TPSA) is 54.0 Å². The van der Waals surface area contributed by atoms with Crippen LogP contribution in [0.15, 0.2) is 47.1 Å². The van der Waals surface area contributed by atoms with Crippen LogP contribution in [-0.4, -0.2) is 5.78 Å². The van der Waals surface area contributed by atoms with E-state index in [0.717, 1.165) is 5.56 Å². The van der Waals surface area contributed by atoms with Crippen LogP contribution < -0.4 is 0 Å². The first kappa shape index (κ1) is 11.2. The van der Waals surface area contributed by atoms with Crippen LogP contribution in [0.1, 0.15) is 27.6 Å². The first-order valence-electron chi connectivity index (χ1n) is 5.26. The fourth-order valence-corrected chi connectivity index (χ4v) is 1.60. The van der Waals surface area contributed by atoms with Crippen molar-refractivity contribution in [2.45, 2.75) is 12.8 Å². The van der Waals surface area contributed by atoms with Crippen LogP contribution in [0, 0.1) is 18.3 Å². The van der Waals surface area contributed by atoms with E-state index in [1.54, 1.807) is 24.3 Å². The normalized spacial score (nSPS) is 11.8. The molecule has 0 spiro atoms. The van der Waals surface area contributed by atoms with Gasteiger partial charge >= 0.3 is 0 Å². The van der Waals surface area contributed by atoms with Gasteiger partial charge in [-0.05, 0) is 24.6 Å². The van der Waals surface area contributed by atoms with Crippen molar-refractivity contribution in [3.05, 3.63) is 59.5 Å². The summed E-state index contributed by atoms with van der Waals surface area (Å²) >= 11 is 0. The Balaban J connectivity index is 2.32. The van der Waals surface area contributed by atoms with Crippen LogP contribution in [-0.2, 0) is 0 Å². The zero-order chi connectivity index (χ0) is 12.3. The molecule has 2 aromatic rings. The number of carbonyl (C=O) groups excluding carboxylic acids is 1. The Morgan fingerprint density at radius 3 is 2.53 bits per heavy atom. The minimum Gasteiger partial charge on any atom is -0.461 e. The van der Waals surface area contributed by atoms with Gasteiger partial charge < -0.3 is 4.42 Å². The average Bonchev–Trinajstić information content (AvgIpc) is 2.86. The second-order valence-electron chi connectivity index (χ2n) is 3.81. The minimum atomic E-state index is -0.804. The smallest absolute Gasteiger partial charge is 0.219 e. The largest absolute Gasteiger partial charge is 0.461 e. The maximum atomic E-state index is 12.0. The summed E-state index contributed by atoms with van der Waals surface area (Å²) in [5.41, 5.74) is 1.79. The van der Waals surface area contributed by atoms with Gasteiger partial charge in [-0.2, -0.15) is 5.26 Å². The molecule has 1 heterocycles. The Labute approximate surface area is 99.3 Å². The van der Waals surface area contributed by atoms with E-state index in [1.165, 1.54) is 6.26 Å². The second kappa shape index (κ2) is 4.67. The molecule has 17 heavy (non-hydrogen) atoms. The molecule has 0 aliphatic carbocycles. The quantitative estimate of drug-likeness (QED) is 0.754. The lowest BCUT2D eigenvalue weighted by atomic mass is 9.94. The van der Waals surface area contributed by atoms with Crippen molar-refractivity contribution in [1.82, 2.24) is 0 Å². The molecule has 0 aliphatic heterocycles.